The third-order valence-electron chi connectivity index (χ3n) is 9.24. The summed E-state index contributed by atoms with van der Waals surface area (Å²) in [6.45, 7) is 12.0. The van der Waals surface area contributed by atoms with Crippen molar-refractivity contribution in [2.24, 2.45) is 5.92 Å². The quantitative estimate of drug-likeness (QED) is 0.250. The number of aromatic nitrogens is 4. The van der Waals surface area contributed by atoms with Crippen molar-refractivity contribution in [3.63, 3.8) is 0 Å². The van der Waals surface area contributed by atoms with Crippen LogP contribution in [0.4, 0.5) is 20.3 Å². The molecular formula is C35H37F2N7O2S. The van der Waals surface area contributed by atoms with Crippen LogP contribution in [0.3, 0.4) is 0 Å². The number of nitrogens with zero attached hydrogens (tertiary/aromatic N) is 7. The van der Waals surface area contributed by atoms with Gasteiger partial charge in [0.2, 0.25) is 5.91 Å². The van der Waals surface area contributed by atoms with Crippen molar-refractivity contribution >= 4 is 40.2 Å². The number of fused-ring (bicyclic) bond motifs is 5. The molecule has 1 aromatic carbocycles. The van der Waals surface area contributed by atoms with Crippen molar-refractivity contribution in [1.29, 1.82) is 0 Å². The van der Waals surface area contributed by atoms with Crippen molar-refractivity contribution in [2.75, 3.05) is 48.3 Å². The molecule has 3 aliphatic rings. The van der Waals surface area contributed by atoms with E-state index in [1.807, 2.05) is 37.8 Å². The highest BCUT2D eigenvalue weighted by Crippen LogP contribution is 2.41. The van der Waals surface area contributed by atoms with Gasteiger partial charge in [0.15, 0.2) is 11.5 Å². The monoisotopic (exact) mass is 657 g/mol. The number of hydrogen-bond acceptors (Lipinski definition) is 8. The summed E-state index contributed by atoms with van der Waals surface area (Å²) in [5.74, 6) is -0.0940. The molecule has 2 fully saturated rings. The second-order valence-electron chi connectivity index (χ2n) is 12.8. The summed E-state index contributed by atoms with van der Waals surface area (Å²) in [5.41, 5.74) is 1.34. The normalized spacial score (nSPS) is 18.2. The molecule has 47 heavy (non-hydrogen) atoms. The lowest BCUT2D eigenvalue weighted by Crippen LogP contribution is -2.54. The first-order valence-corrected chi connectivity index (χ1v) is 17.1. The van der Waals surface area contributed by atoms with Gasteiger partial charge in [0, 0.05) is 61.3 Å². The number of halogens is 2. The lowest BCUT2D eigenvalue weighted by atomic mass is 10.0. The highest BCUT2D eigenvalue weighted by molar-refractivity contribution is 7.99. The minimum Gasteiger partial charge on any atom is -0.370 e. The Morgan fingerprint density at radius 1 is 1.13 bits per heavy atom. The van der Waals surface area contributed by atoms with Gasteiger partial charge in [-0.25, -0.2) is 23.1 Å². The Balaban J connectivity index is 1.53. The van der Waals surface area contributed by atoms with Gasteiger partial charge in [0.05, 0.1) is 22.3 Å². The molecule has 4 aromatic rings. The summed E-state index contributed by atoms with van der Waals surface area (Å²) < 4.78 is 33.9. The molecule has 9 nitrogen and oxygen atoms in total. The molecule has 1 amide bonds. The molecule has 5 heterocycles. The number of hydrogen-bond donors (Lipinski definition) is 0. The van der Waals surface area contributed by atoms with Crippen molar-refractivity contribution in [3.05, 3.63) is 77.0 Å². The fraction of sp³-hybridized carbons (Fsp3) is 0.400. The van der Waals surface area contributed by atoms with Gasteiger partial charge in [-0.1, -0.05) is 26.5 Å². The van der Waals surface area contributed by atoms with E-state index in [-0.39, 0.29) is 40.6 Å². The maximum atomic E-state index is 16.5. The number of amides is 1. The molecule has 1 saturated heterocycles. The molecule has 244 valence electrons. The standard InChI is InChI=1S/C35H37F2N7O2S/c1-5-28(45)42-13-14-43(21(4)18-42)33-23-17-25(37)31-29-24(36)7-6-8-26(29)41(19-22-9-10-22)15-16-47-27-11-12-38-30(20(2)3)32(27)44(34(23)39-31)35(46)40-33/h5-8,11-12,17,20-22H,1,9-10,13-16,18-19H2,2-4H3/t21-/m0/s1. The zero-order valence-corrected chi connectivity index (χ0v) is 27.6. The van der Waals surface area contributed by atoms with E-state index in [1.165, 1.54) is 22.8 Å². The highest BCUT2D eigenvalue weighted by Gasteiger charge is 2.33. The summed E-state index contributed by atoms with van der Waals surface area (Å²) in [5, 5.41) is 0.320. The molecule has 0 spiro atoms. The van der Waals surface area contributed by atoms with E-state index in [1.54, 1.807) is 28.9 Å². The van der Waals surface area contributed by atoms with Crippen LogP contribution in [-0.2, 0) is 4.79 Å². The smallest absolute Gasteiger partial charge is 0.355 e. The molecular weight excluding hydrogens is 620 g/mol. The first-order valence-electron chi connectivity index (χ1n) is 16.1. The fourth-order valence-corrected chi connectivity index (χ4v) is 7.74. The first-order chi connectivity index (χ1) is 22.7. The first kappa shape index (κ1) is 31.3. The summed E-state index contributed by atoms with van der Waals surface area (Å²) >= 11 is 1.60. The Bertz CT molecular complexity index is 1960. The van der Waals surface area contributed by atoms with Crippen molar-refractivity contribution < 1.29 is 13.6 Å². The second-order valence-corrected chi connectivity index (χ2v) is 14.0. The number of piperazine rings is 1. The van der Waals surface area contributed by atoms with E-state index in [4.69, 9.17) is 4.98 Å². The van der Waals surface area contributed by atoms with Gasteiger partial charge in [-0.05, 0) is 61.9 Å². The summed E-state index contributed by atoms with van der Waals surface area (Å²) in [6.07, 6.45) is 5.25. The van der Waals surface area contributed by atoms with E-state index in [0.717, 1.165) is 24.3 Å². The third kappa shape index (κ3) is 5.66. The van der Waals surface area contributed by atoms with Crippen LogP contribution in [0.15, 0.2) is 58.9 Å². The molecule has 0 N–H and O–H groups in total. The zero-order chi connectivity index (χ0) is 33.0. The molecule has 7 rings (SSSR count). The molecule has 3 aromatic heterocycles. The predicted molar refractivity (Wildman–Crippen MR) is 182 cm³/mol. The molecule has 2 aliphatic heterocycles. The summed E-state index contributed by atoms with van der Waals surface area (Å²) in [6, 6.07) is 7.79. The molecule has 0 radical (unpaired) electrons. The van der Waals surface area contributed by atoms with E-state index >= 15 is 8.78 Å². The van der Waals surface area contributed by atoms with Gasteiger partial charge >= 0.3 is 5.69 Å². The van der Waals surface area contributed by atoms with Gasteiger partial charge < -0.3 is 14.7 Å². The predicted octanol–water partition coefficient (Wildman–Crippen LogP) is 5.79. The molecule has 12 heteroatoms. The van der Waals surface area contributed by atoms with Crippen LogP contribution in [0.5, 0.6) is 0 Å². The van der Waals surface area contributed by atoms with Crippen LogP contribution >= 0.6 is 11.8 Å². The maximum Gasteiger partial charge on any atom is 0.355 e. The Hall–Kier alpha value is -4.32. The van der Waals surface area contributed by atoms with E-state index < -0.39 is 17.3 Å². The van der Waals surface area contributed by atoms with Crippen LogP contribution in [0, 0.1) is 17.6 Å². The largest absolute Gasteiger partial charge is 0.370 e. The van der Waals surface area contributed by atoms with Crippen LogP contribution in [0.2, 0.25) is 0 Å². The SMILES string of the molecule is C=CC(=O)N1CCN(c2nc(=O)n3c4nc(c(F)cc24)-c2c(F)cccc2N(CC2CC2)CCSc2ccnc(C(C)C)c2-3)[C@@H](C)C1. The number of benzene rings is 1. The number of carbonyl (C=O) groups excluding carboxylic acids is 1. The average Bonchev–Trinajstić information content (AvgIpc) is 3.87. The van der Waals surface area contributed by atoms with Gasteiger partial charge in [0.1, 0.15) is 17.3 Å². The van der Waals surface area contributed by atoms with Crippen molar-refractivity contribution in [3.8, 4) is 16.9 Å². The molecule has 0 unspecified atom stereocenters. The number of thioether (sulfide) groups is 1. The molecule has 1 saturated carbocycles. The van der Waals surface area contributed by atoms with Gasteiger partial charge in [-0.2, -0.15) is 4.98 Å². The maximum absolute atomic E-state index is 16.5. The van der Waals surface area contributed by atoms with E-state index in [9.17, 15) is 9.59 Å². The highest BCUT2D eigenvalue weighted by atomic mass is 32.2. The molecule has 2 bridgehead atoms. The Kier molecular flexibility index (Phi) is 8.23. The van der Waals surface area contributed by atoms with Crippen molar-refractivity contribution in [1.82, 2.24) is 24.4 Å². The van der Waals surface area contributed by atoms with Crippen LogP contribution in [0.25, 0.3) is 28.0 Å². The Morgan fingerprint density at radius 2 is 1.94 bits per heavy atom. The molecule has 1 aliphatic carbocycles. The number of carbonyl (C=O) groups is 1. The van der Waals surface area contributed by atoms with Gasteiger partial charge in [0.25, 0.3) is 0 Å². The Morgan fingerprint density at radius 3 is 2.66 bits per heavy atom. The summed E-state index contributed by atoms with van der Waals surface area (Å²) in [7, 11) is 0. The average molecular weight is 658 g/mol. The molecule has 1 atom stereocenters. The lowest BCUT2D eigenvalue weighted by Gasteiger charge is -2.40. The zero-order valence-electron chi connectivity index (χ0n) is 26.7. The minimum atomic E-state index is -0.710. The van der Waals surface area contributed by atoms with Crippen LogP contribution in [0.1, 0.15) is 45.2 Å². The van der Waals surface area contributed by atoms with Crippen LogP contribution in [-0.4, -0.2) is 74.8 Å². The van der Waals surface area contributed by atoms with Crippen LogP contribution < -0.4 is 15.5 Å². The summed E-state index contributed by atoms with van der Waals surface area (Å²) in [4.78, 5) is 47.4. The topological polar surface area (TPSA) is 87.5 Å². The Labute approximate surface area is 276 Å². The third-order valence-corrected chi connectivity index (χ3v) is 10.3. The van der Waals surface area contributed by atoms with E-state index in [0.29, 0.717) is 60.3 Å². The van der Waals surface area contributed by atoms with Gasteiger partial charge in [-0.15, -0.1) is 11.8 Å². The van der Waals surface area contributed by atoms with E-state index in [2.05, 4.69) is 21.4 Å². The minimum absolute atomic E-state index is 0.0555. The fourth-order valence-electron chi connectivity index (χ4n) is 6.72. The second kappa shape index (κ2) is 12.4. The lowest BCUT2D eigenvalue weighted by molar-refractivity contribution is -0.126. The number of rotatable bonds is 5. The van der Waals surface area contributed by atoms with Crippen molar-refractivity contribution in [2.45, 2.75) is 50.5 Å². The van der Waals surface area contributed by atoms with Gasteiger partial charge in [-0.3, -0.25) is 9.78 Å². The number of anilines is 2. The number of pyridine rings is 2.